The van der Waals surface area contributed by atoms with E-state index in [0.29, 0.717) is 5.92 Å². The molecule has 1 saturated carbocycles. The highest BCUT2D eigenvalue weighted by atomic mass is 16.3. The van der Waals surface area contributed by atoms with Crippen LogP contribution in [0.25, 0.3) is 0 Å². The van der Waals surface area contributed by atoms with E-state index >= 15 is 0 Å². The van der Waals surface area contributed by atoms with E-state index in [9.17, 15) is 4.79 Å². The second-order valence-corrected chi connectivity index (χ2v) is 2.64. The van der Waals surface area contributed by atoms with Gasteiger partial charge < -0.3 is 15.0 Å². The Morgan fingerprint density at radius 2 is 1.46 bits per heavy atom. The van der Waals surface area contributed by atoms with Gasteiger partial charge in [0.25, 0.3) is 6.47 Å². The van der Waals surface area contributed by atoms with Crippen molar-refractivity contribution < 1.29 is 19.8 Å². The average molecular weight is 190 g/mol. The first kappa shape index (κ1) is 14.6. The zero-order chi connectivity index (χ0) is 10.5. The second-order valence-electron chi connectivity index (χ2n) is 2.64. The molecule has 0 aromatic carbocycles. The molecule has 1 rings (SSSR count). The van der Waals surface area contributed by atoms with Crippen molar-refractivity contribution in [3.8, 4) is 0 Å². The summed E-state index contributed by atoms with van der Waals surface area (Å²) in [5.74, 6) is 0.406. The van der Waals surface area contributed by atoms with E-state index in [1.165, 1.54) is 19.3 Å². The molecule has 0 atom stereocenters. The Morgan fingerprint density at radius 3 is 1.69 bits per heavy atom. The fraction of sp³-hybridized carbons (Fsp3) is 0.778. The maximum atomic E-state index is 10.2. The molecule has 0 amide bonds. The monoisotopic (exact) mass is 190 g/mol. The molecule has 0 aliphatic heterocycles. The smallest absolute Gasteiger partial charge is 0.290 e. The van der Waals surface area contributed by atoms with Crippen LogP contribution in [-0.4, -0.2) is 30.1 Å². The Hall–Kier alpha value is -0.900. The van der Waals surface area contributed by atoms with Crippen molar-refractivity contribution >= 4 is 12.8 Å². The first-order chi connectivity index (χ1) is 6.35. The summed E-state index contributed by atoms with van der Waals surface area (Å²) in [7, 11) is 1.00. The van der Waals surface area contributed by atoms with Crippen LogP contribution in [0.3, 0.4) is 0 Å². The Bertz CT molecular complexity index is 108. The molecule has 13 heavy (non-hydrogen) atoms. The lowest BCUT2D eigenvalue weighted by molar-refractivity contribution is -0.122. The Balaban J connectivity index is 0. The summed E-state index contributed by atoms with van der Waals surface area (Å²) < 4.78 is 0. The molecule has 0 aromatic rings. The molecule has 78 valence electrons. The Morgan fingerprint density at radius 1 is 1.08 bits per heavy atom. The summed E-state index contributed by atoms with van der Waals surface area (Å²) >= 11 is 0. The molecule has 4 nitrogen and oxygen atoms in total. The van der Waals surface area contributed by atoms with E-state index in [1.807, 2.05) is 0 Å². The molecule has 4 heteroatoms. The fourth-order valence-corrected chi connectivity index (χ4v) is 1.27. The first-order valence-electron chi connectivity index (χ1n) is 4.33. The highest BCUT2D eigenvalue weighted by molar-refractivity contribution is 5.53. The van der Waals surface area contributed by atoms with Crippen LogP contribution in [0.15, 0.2) is 0 Å². The topological polar surface area (TPSA) is 74.6 Å². The van der Waals surface area contributed by atoms with E-state index in [2.05, 4.69) is 0 Å². The predicted molar refractivity (Wildman–Crippen MR) is 49.5 cm³/mol. The molecule has 0 heterocycles. The van der Waals surface area contributed by atoms with Gasteiger partial charge in [0.2, 0.25) is 0 Å². The minimum absolute atomic E-state index is 0.250. The van der Waals surface area contributed by atoms with Crippen LogP contribution in [0.4, 0.5) is 0 Å². The Labute approximate surface area is 78.6 Å². The third-order valence-corrected chi connectivity index (χ3v) is 1.84. The van der Waals surface area contributed by atoms with Crippen molar-refractivity contribution in [2.75, 3.05) is 7.11 Å². The number of carbonyl (C=O) groups is 2. The van der Waals surface area contributed by atoms with Crippen molar-refractivity contribution in [2.45, 2.75) is 32.1 Å². The van der Waals surface area contributed by atoms with Gasteiger partial charge in [0.15, 0.2) is 0 Å². The number of carbonyl (C=O) groups excluding carboxylic acids is 1. The molecule has 0 radical (unpaired) electrons. The predicted octanol–water partition coefficient (Wildman–Crippen LogP) is 1.07. The number of aliphatic hydroxyl groups excluding tert-OH is 1. The van der Waals surface area contributed by atoms with Crippen LogP contribution in [0.5, 0.6) is 0 Å². The fourth-order valence-electron chi connectivity index (χ4n) is 1.27. The summed E-state index contributed by atoms with van der Waals surface area (Å²) in [6.07, 6.45) is 7.27. The van der Waals surface area contributed by atoms with Gasteiger partial charge in [-0.2, -0.15) is 0 Å². The standard InChI is InChI=1S/C7H12O.CH2O2.CH4O/c8-6-7-4-2-1-3-5-7;2-1-3;1-2/h6-7H,1-5H2;1H,(H,2,3);2H,1H3. The quantitative estimate of drug-likeness (QED) is 0.606. The molecule has 0 saturated heterocycles. The summed E-state index contributed by atoms with van der Waals surface area (Å²) in [5, 5.41) is 13.9. The van der Waals surface area contributed by atoms with Crippen molar-refractivity contribution in [1.82, 2.24) is 0 Å². The molecular weight excluding hydrogens is 172 g/mol. The summed E-state index contributed by atoms with van der Waals surface area (Å²) in [6, 6.07) is 0. The van der Waals surface area contributed by atoms with Gasteiger partial charge in [-0.1, -0.05) is 19.3 Å². The second kappa shape index (κ2) is 13.7. The van der Waals surface area contributed by atoms with E-state index in [-0.39, 0.29) is 6.47 Å². The molecule has 0 spiro atoms. The number of aliphatic hydroxyl groups is 1. The Kier molecular flexibility index (Phi) is 15.4. The number of hydrogen-bond acceptors (Lipinski definition) is 3. The molecule has 1 aliphatic carbocycles. The SMILES string of the molecule is CO.O=CC1CCCCC1.O=CO. The molecule has 0 bridgehead atoms. The van der Waals surface area contributed by atoms with E-state index in [4.69, 9.17) is 15.0 Å². The van der Waals surface area contributed by atoms with Gasteiger partial charge in [-0.05, 0) is 12.8 Å². The van der Waals surface area contributed by atoms with Crippen molar-refractivity contribution in [1.29, 1.82) is 0 Å². The van der Waals surface area contributed by atoms with Crippen LogP contribution in [0, 0.1) is 5.92 Å². The molecule has 0 aromatic heterocycles. The van der Waals surface area contributed by atoms with Gasteiger partial charge in [-0.3, -0.25) is 4.79 Å². The molecular formula is C9H18O4. The molecule has 2 N–H and O–H groups in total. The largest absolute Gasteiger partial charge is 0.483 e. The van der Waals surface area contributed by atoms with Crippen LogP contribution >= 0.6 is 0 Å². The maximum Gasteiger partial charge on any atom is 0.290 e. The zero-order valence-electron chi connectivity index (χ0n) is 7.98. The summed E-state index contributed by atoms with van der Waals surface area (Å²) in [6.45, 7) is -0.250. The van der Waals surface area contributed by atoms with Gasteiger partial charge in [-0.25, -0.2) is 0 Å². The van der Waals surface area contributed by atoms with Crippen molar-refractivity contribution in [3.63, 3.8) is 0 Å². The normalized spacial score (nSPS) is 15.5. The average Bonchev–Trinajstić information content (AvgIpc) is 2.23. The van der Waals surface area contributed by atoms with E-state index in [0.717, 1.165) is 26.2 Å². The van der Waals surface area contributed by atoms with Crippen LogP contribution in [0.2, 0.25) is 0 Å². The van der Waals surface area contributed by atoms with Crippen LogP contribution in [-0.2, 0) is 9.59 Å². The molecule has 1 fully saturated rings. The molecule has 1 aliphatic rings. The number of rotatable bonds is 1. The highest BCUT2D eigenvalue weighted by Crippen LogP contribution is 2.21. The maximum absolute atomic E-state index is 10.2. The van der Waals surface area contributed by atoms with Gasteiger partial charge in [-0.15, -0.1) is 0 Å². The van der Waals surface area contributed by atoms with Gasteiger partial charge in [0, 0.05) is 13.0 Å². The lowest BCUT2D eigenvalue weighted by Gasteiger charge is -2.14. The summed E-state index contributed by atoms with van der Waals surface area (Å²) in [5.41, 5.74) is 0. The summed E-state index contributed by atoms with van der Waals surface area (Å²) in [4.78, 5) is 18.5. The minimum atomic E-state index is -0.250. The van der Waals surface area contributed by atoms with Crippen LogP contribution in [0.1, 0.15) is 32.1 Å². The lowest BCUT2D eigenvalue weighted by Crippen LogP contribution is -2.06. The zero-order valence-corrected chi connectivity index (χ0v) is 7.98. The van der Waals surface area contributed by atoms with E-state index < -0.39 is 0 Å². The number of carboxylic acid groups (broad SMARTS) is 1. The first-order valence-corrected chi connectivity index (χ1v) is 4.33. The third-order valence-electron chi connectivity index (χ3n) is 1.84. The van der Waals surface area contributed by atoms with Crippen molar-refractivity contribution in [2.24, 2.45) is 5.92 Å². The van der Waals surface area contributed by atoms with Gasteiger partial charge >= 0.3 is 0 Å². The minimum Gasteiger partial charge on any atom is -0.483 e. The van der Waals surface area contributed by atoms with Crippen molar-refractivity contribution in [3.05, 3.63) is 0 Å². The van der Waals surface area contributed by atoms with E-state index in [1.54, 1.807) is 0 Å². The third kappa shape index (κ3) is 11.1. The van der Waals surface area contributed by atoms with Gasteiger partial charge in [0.05, 0.1) is 0 Å². The molecule has 0 unspecified atom stereocenters. The number of aldehydes is 1. The van der Waals surface area contributed by atoms with Crippen LogP contribution < -0.4 is 0 Å². The number of hydrogen-bond donors (Lipinski definition) is 2. The van der Waals surface area contributed by atoms with Gasteiger partial charge in [0.1, 0.15) is 6.29 Å². The highest BCUT2D eigenvalue weighted by Gasteiger charge is 2.10. The lowest BCUT2D eigenvalue weighted by atomic mass is 9.91.